The van der Waals surface area contributed by atoms with Crippen molar-refractivity contribution in [3.63, 3.8) is 0 Å². The minimum absolute atomic E-state index is 0.0415. The summed E-state index contributed by atoms with van der Waals surface area (Å²) in [7, 11) is 0. The van der Waals surface area contributed by atoms with Crippen LogP contribution in [0.3, 0.4) is 0 Å². The lowest BCUT2D eigenvalue weighted by molar-refractivity contribution is 0.128. The highest BCUT2D eigenvalue weighted by atomic mass is 16.3. The van der Waals surface area contributed by atoms with Crippen LogP contribution in [0.2, 0.25) is 0 Å². The van der Waals surface area contributed by atoms with Crippen LogP contribution < -0.4 is 0 Å². The van der Waals surface area contributed by atoms with Gasteiger partial charge < -0.3 is 10.2 Å². The summed E-state index contributed by atoms with van der Waals surface area (Å²) in [6.07, 6.45) is 5.45. The maximum absolute atomic E-state index is 8.96. The second kappa shape index (κ2) is 7.75. The lowest BCUT2D eigenvalue weighted by atomic mass is 10.3. The lowest BCUT2D eigenvalue weighted by Gasteiger charge is -2.20. The summed E-state index contributed by atoms with van der Waals surface area (Å²) in [5.41, 5.74) is 1.59. The summed E-state index contributed by atoms with van der Waals surface area (Å²) in [5, 5.41) is 26.0. The maximum atomic E-state index is 8.96. The molecule has 6 nitrogen and oxygen atoms in total. The Bertz CT molecular complexity index is 395. The molecule has 0 unspecified atom stereocenters. The van der Waals surface area contributed by atoms with Crippen molar-refractivity contribution in [3.8, 4) is 0 Å². The van der Waals surface area contributed by atoms with Gasteiger partial charge in [-0.15, -0.1) is 5.10 Å². The third-order valence-corrected chi connectivity index (χ3v) is 2.49. The molecule has 1 rings (SSSR count). The van der Waals surface area contributed by atoms with Crippen LogP contribution >= 0.6 is 0 Å². The van der Waals surface area contributed by atoms with Gasteiger partial charge >= 0.3 is 0 Å². The van der Waals surface area contributed by atoms with Crippen LogP contribution in [-0.4, -0.2) is 56.4 Å². The van der Waals surface area contributed by atoms with E-state index in [1.807, 2.05) is 24.0 Å². The molecule has 2 N–H and O–H groups in total. The Morgan fingerprint density at radius 1 is 1.33 bits per heavy atom. The minimum atomic E-state index is 0.0415. The van der Waals surface area contributed by atoms with E-state index in [4.69, 9.17) is 10.2 Å². The van der Waals surface area contributed by atoms with Gasteiger partial charge in [0.2, 0.25) is 0 Å². The SMILES string of the molecule is C=Cc1c(/C=C\C)nnn1CN(CCO)CCO. The van der Waals surface area contributed by atoms with Crippen molar-refractivity contribution in [2.45, 2.75) is 13.6 Å². The van der Waals surface area contributed by atoms with Gasteiger partial charge in [-0.1, -0.05) is 17.9 Å². The minimum Gasteiger partial charge on any atom is -0.395 e. The highest BCUT2D eigenvalue weighted by Gasteiger charge is 2.11. The molecule has 0 saturated carbocycles. The largest absolute Gasteiger partial charge is 0.395 e. The van der Waals surface area contributed by atoms with Crippen LogP contribution in [0.1, 0.15) is 18.3 Å². The first-order valence-electron chi connectivity index (χ1n) is 5.89. The molecule has 0 aliphatic heterocycles. The molecule has 1 heterocycles. The number of aromatic nitrogens is 3. The molecule has 0 aromatic carbocycles. The fourth-order valence-electron chi connectivity index (χ4n) is 1.65. The van der Waals surface area contributed by atoms with E-state index in [1.54, 1.807) is 10.8 Å². The van der Waals surface area contributed by atoms with Crippen molar-refractivity contribution in [1.29, 1.82) is 0 Å². The van der Waals surface area contributed by atoms with Crippen LogP contribution in [0.15, 0.2) is 12.7 Å². The van der Waals surface area contributed by atoms with Gasteiger partial charge in [0.25, 0.3) is 0 Å². The molecule has 6 heteroatoms. The van der Waals surface area contributed by atoms with Gasteiger partial charge in [0.1, 0.15) is 5.69 Å². The first-order chi connectivity index (χ1) is 8.76. The summed E-state index contributed by atoms with van der Waals surface area (Å²) in [6, 6.07) is 0. The first-order valence-corrected chi connectivity index (χ1v) is 5.89. The number of hydrogen-bond acceptors (Lipinski definition) is 5. The fraction of sp³-hybridized carbons (Fsp3) is 0.500. The van der Waals surface area contributed by atoms with Crippen LogP contribution in [0.5, 0.6) is 0 Å². The molecule has 1 aromatic rings. The van der Waals surface area contributed by atoms with E-state index in [1.165, 1.54) is 0 Å². The summed E-state index contributed by atoms with van der Waals surface area (Å²) >= 11 is 0. The Balaban J connectivity index is 2.84. The van der Waals surface area contributed by atoms with Gasteiger partial charge in [-0.25, -0.2) is 4.68 Å². The Morgan fingerprint density at radius 3 is 2.50 bits per heavy atom. The highest BCUT2D eigenvalue weighted by Crippen LogP contribution is 2.09. The van der Waals surface area contributed by atoms with Gasteiger partial charge in [0.05, 0.1) is 25.6 Å². The quantitative estimate of drug-likeness (QED) is 0.691. The number of aliphatic hydroxyl groups is 2. The van der Waals surface area contributed by atoms with Gasteiger partial charge in [-0.05, 0) is 19.1 Å². The summed E-state index contributed by atoms with van der Waals surface area (Å²) in [6.45, 7) is 7.18. The Morgan fingerprint density at radius 2 is 2.00 bits per heavy atom. The Kier molecular flexibility index (Phi) is 6.27. The lowest BCUT2D eigenvalue weighted by Crippen LogP contribution is -2.32. The summed E-state index contributed by atoms with van der Waals surface area (Å²) < 4.78 is 1.70. The monoisotopic (exact) mass is 252 g/mol. The number of nitrogens with zero attached hydrogens (tertiary/aromatic N) is 4. The zero-order valence-corrected chi connectivity index (χ0v) is 10.7. The molecule has 0 aliphatic carbocycles. The van der Waals surface area contributed by atoms with E-state index in [-0.39, 0.29) is 13.2 Å². The van der Waals surface area contributed by atoms with Crippen LogP contribution in [0.25, 0.3) is 12.2 Å². The summed E-state index contributed by atoms with van der Waals surface area (Å²) in [4.78, 5) is 1.89. The third-order valence-electron chi connectivity index (χ3n) is 2.49. The second-order valence-electron chi connectivity index (χ2n) is 3.77. The van der Waals surface area contributed by atoms with Gasteiger partial charge in [-0.2, -0.15) is 0 Å². The molecule has 0 radical (unpaired) electrons. The predicted molar refractivity (Wildman–Crippen MR) is 70.6 cm³/mol. The van der Waals surface area contributed by atoms with E-state index in [2.05, 4.69) is 16.9 Å². The maximum Gasteiger partial charge on any atom is 0.112 e. The van der Waals surface area contributed by atoms with Crippen molar-refractivity contribution in [2.24, 2.45) is 0 Å². The predicted octanol–water partition coefficient (Wildman–Crippen LogP) is 0.198. The molecule has 0 amide bonds. The van der Waals surface area contributed by atoms with E-state index >= 15 is 0 Å². The molecule has 0 saturated heterocycles. The van der Waals surface area contributed by atoms with E-state index in [9.17, 15) is 0 Å². The second-order valence-corrected chi connectivity index (χ2v) is 3.77. The zero-order valence-electron chi connectivity index (χ0n) is 10.7. The standard InChI is InChI=1S/C12H20N4O2/c1-3-5-11-12(4-2)16(14-13-11)10-15(6-8-17)7-9-18/h3-5,17-18H,2,6-10H2,1H3/b5-3-. The molecular weight excluding hydrogens is 232 g/mol. The fourth-order valence-corrected chi connectivity index (χ4v) is 1.65. The Hall–Kier alpha value is -1.50. The number of allylic oxidation sites excluding steroid dienone is 1. The van der Waals surface area contributed by atoms with E-state index in [0.717, 1.165) is 11.4 Å². The van der Waals surface area contributed by atoms with Gasteiger partial charge in [0.15, 0.2) is 0 Å². The van der Waals surface area contributed by atoms with Crippen LogP contribution in [0, 0.1) is 0 Å². The van der Waals surface area contributed by atoms with E-state index < -0.39 is 0 Å². The average molecular weight is 252 g/mol. The normalized spacial score (nSPS) is 11.6. The van der Waals surface area contributed by atoms with Crippen molar-refractivity contribution >= 4 is 12.2 Å². The molecule has 100 valence electrons. The van der Waals surface area contributed by atoms with Crippen molar-refractivity contribution < 1.29 is 10.2 Å². The first kappa shape index (κ1) is 14.6. The molecule has 18 heavy (non-hydrogen) atoms. The number of hydrogen-bond donors (Lipinski definition) is 2. The molecule has 0 bridgehead atoms. The molecule has 1 aromatic heterocycles. The number of aliphatic hydroxyl groups excluding tert-OH is 2. The van der Waals surface area contributed by atoms with Gasteiger partial charge in [-0.3, -0.25) is 4.90 Å². The summed E-state index contributed by atoms with van der Waals surface area (Å²) in [5.74, 6) is 0. The average Bonchev–Trinajstić information content (AvgIpc) is 2.72. The topological polar surface area (TPSA) is 74.4 Å². The van der Waals surface area contributed by atoms with Crippen LogP contribution in [0.4, 0.5) is 0 Å². The molecular formula is C12H20N4O2. The number of rotatable bonds is 8. The Labute approximate surface area is 107 Å². The van der Waals surface area contributed by atoms with Crippen molar-refractivity contribution in [3.05, 3.63) is 24.0 Å². The molecule has 0 spiro atoms. The third kappa shape index (κ3) is 3.76. The van der Waals surface area contributed by atoms with Crippen molar-refractivity contribution in [2.75, 3.05) is 26.3 Å². The van der Waals surface area contributed by atoms with E-state index in [0.29, 0.717) is 19.8 Å². The van der Waals surface area contributed by atoms with Gasteiger partial charge in [0, 0.05) is 13.1 Å². The molecule has 0 atom stereocenters. The van der Waals surface area contributed by atoms with Crippen molar-refractivity contribution in [1.82, 2.24) is 19.9 Å². The molecule has 0 aliphatic rings. The van der Waals surface area contributed by atoms with Crippen LogP contribution in [-0.2, 0) is 6.67 Å². The smallest absolute Gasteiger partial charge is 0.112 e. The zero-order chi connectivity index (χ0) is 13.4. The highest BCUT2D eigenvalue weighted by molar-refractivity contribution is 5.57. The molecule has 0 fully saturated rings.